The molecule has 5 nitrogen and oxygen atoms in total. The van der Waals surface area contributed by atoms with Crippen molar-refractivity contribution in [2.45, 2.75) is 26.2 Å². The Morgan fingerprint density at radius 1 is 1.10 bits per heavy atom. The summed E-state index contributed by atoms with van der Waals surface area (Å²) in [6, 6.07) is 10.3. The van der Waals surface area contributed by atoms with Crippen LogP contribution in [-0.4, -0.2) is 23.3 Å². The van der Waals surface area contributed by atoms with Crippen molar-refractivity contribution in [1.29, 1.82) is 0 Å². The van der Waals surface area contributed by atoms with Gasteiger partial charge < -0.3 is 9.15 Å². The van der Waals surface area contributed by atoms with E-state index in [-0.39, 0.29) is 42.4 Å². The SMILES string of the molecule is CCc1ccc(C(=O)COC(=O)CCc2ncc(-c3ccc(F)cc3F)o2)cc1. The molecule has 0 N–H and O–H groups in total. The van der Waals surface area contributed by atoms with Crippen molar-refractivity contribution >= 4 is 11.8 Å². The fourth-order valence-corrected chi connectivity index (χ4v) is 2.68. The van der Waals surface area contributed by atoms with Crippen molar-refractivity contribution in [3.63, 3.8) is 0 Å². The van der Waals surface area contributed by atoms with Crippen molar-refractivity contribution in [2.75, 3.05) is 6.61 Å². The smallest absolute Gasteiger partial charge is 0.306 e. The molecule has 0 radical (unpaired) electrons. The van der Waals surface area contributed by atoms with Gasteiger partial charge in [-0.3, -0.25) is 9.59 Å². The molecule has 3 rings (SSSR count). The molecule has 0 spiro atoms. The summed E-state index contributed by atoms with van der Waals surface area (Å²) >= 11 is 0. The average molecular weight is 399 g/mol. The second-order valence-electron chi connectivity index (χ2n) is 6.38. The number of ether oxygens (including phenoxy) is 1. The monoisotopic (exact) mass is 399 g/mol. The van der Waals surface area contributed by atoms with Crippen LogP contribution in [0.4, 0.5) is 8.78 Å². The van der Waals surface area contributed by atoms with Crippen LogP contribution in [0.2, 0.25) is 0 Å². The van der Waals surface area contributed by atoms with E-state index in [0.717, 1.165) is 24.1 Å². The molecule has 150 valence electrons. The molecular weight excluding hydrogens is 380 g/mol. The van der Waals surface area contributed by atoms with Crippen LogP contribution in [0, 0.1) is 11.6 Å². The lowest BCUT2D eigenvalue weighted by molar-refractivity contribution is -0.142. The zero-order valence-corrected chi connectivity index (χ0v) is 15.8. The van der Waals surface area contributed by atoms with Crippen molar-refractivity contribution in [1.82, 2.24) is 4.98 Å². The van der Waals surface area contributed by atoms with E-state index in [9.17, 15) is 18.4 Å². The molecule has 0 saturated carbocycles. The van der Waals surface area contributed by atoms with Gasteiger partial charge in [-0.25, -0.2) is 13.8 Å². The first-order valence-electron chi connectivity index (χ1n) is 9.14. The molecule has 0 aliphatic carbocycles. The second-order valence-corrected chi connectivity index (χ2v) is 6.38. The van der Waals surface area contributed by atoms with Crippen molar-refractivity contribution in [3.05, 3.63) is 77.3 Å². The Hall–Kier alpha value is -3.35. The quantitative estimate of drug-likeness (QED) is 0.411. The number of rotatable bonds is 8. The Labute approximate surface area is 166 Å². The Morgan fingerprint density at radius 2 is 1.86 bits per heavy atom. The lowest BCUT2D eigenvalue weighted by Crippen LogP contribution is -2.14. The molecule has 0 amide bonds. The number of nitrogens with zero attached hydrogens (tertiary/aromatic N) is 1. The van der Waals surface area contributed by atoms with Crippen LogP contribution < -0.4 is 0 Å². The van der Waals surface area contributed by atoms with Crippen molar-refractivity contribution in [3.8, 4) is 11.3 Å². The highest BCUT2D eigenvalue weighted by molar-refractivity contribution is 5.97. The maximum absolute atomic E-state index is 13.8. The Morgan fingerprint density at radius 3 is 2.55 bits per heavy atom. The number of aromatic nitrogens is 1. The lowest BCUT2D eigenvalue weighted by Gasteiger charge is -2.04. The highest BCUT2D eigenvalue weighted by Crippen LogP contribution is 2.24. The number of aryl methyl sites for hydroxylation is 2. The number of Topliss-reactive ketones (excluding diaryl/α,β-unsaturated/α-hetero) is 1. The van der Waals surface area contributed by atoms with Gasteiger partial charge in [0, 0.05) is 18.1 Å². The number of benzene rings is 2. The zero-order chi connectivity index (χ0) is 20.8. The van der Waals surface area contributed by atoms with Crippen molar-refractivity contribution < 1.29 is 27.5 Å². The molecule has 3 aromatic rings. The largest absolute Gasteiger partial charge is 0.457 e. The first kappa shape index (κ1) is 20.4. The second kappa shape index (κ2) is 9.23. The van der Waals surface area contributed by atoms with Gasteiger partial charge in [-0.05, 0) is 24.1 Å². The summed E-state index contributed by atoms with van der Waals surface area (Å²) in [7, 11) is 0. The average Bonchev–Trinajstić information content (AvgIpc) is 3.19. The standard InChI is InChI=1S/C22H19F2NO4/c1-2-14-3-5-15(6-4-14)19(26)13-28-22(27)10-9-21-25-12-20(29-21)17-8-7-16(23)11-18(17)24/h3-8,11-12H,2,9-10,13H2,1H3. The summed E-state index contributed by atoms with van der Waals surface area (Å²) in [6.45, 7) is 1.67. The first-order valence-corrected chi connectivity index (χ1v) is 9.14. The van der Waals surface area contributed by atoms with Gasteiger partial charge in [-0.15, -0.1) is 0 Å². The Kier molecular flexibility index (Phi) is 6.49. The highest BCUT2D eigenvalue weighted by atomic mass is 19.1. The number of oxazole rings is 1. The van der Waals surface area contributed by atoms with Gasteiger partial charge >= 0.3 is 5.97 Å². The minimum Gasteiger partial charge on any atom is -0.457 e. The normalized spacial score (nSPS) is 10.7. The van der Waals surface area contributed by atoms with Crippen LogP contribution in [0.25, 0.3) is 11.3 Å². The van der Waals surface area contributed by atoms with E-state index in [0.29, 0.717) is 5.56 Å². The van der Waals surface area contributed by atoms with Gasteiger partial charge in [-0.2, -0.15) is 0 Å². The predicted octanol–water partition coefficient (Wildman–Crippen LogP) is 4.54. The molecule has 0 fully saturated rings. The van der Waals surface area contributed by atoms with Crippen LogP contribution in [-0.2, 0) is 22.4 Å². The molecule has 0 unspecified atom stereocenters. The third kappa shape index (κ3) is 5.34. The molecule has 7 heteroatoms. The van der Waals surface area contributed by atoms with Crippen LogP contribution in [0.5, 0.6) is 0 Å². The highest BCUT2D eigenvalue weighted by Gasteiger charge is 2.14. The van der Waals surface area contributed by atoms with E-state index >= 15 is 0 Å². The minimum atomic E-state index is -0.766. The fourth-order valence-electron chi connectivity index (χ4n) is 2.68. The molecule has 0 atom stereocenters. The van der Waals surface area contributed by atoms with Gasteiger partial charge in [0.2, 0.25) is 0 Å². The summed E-state index contributed by atoms with van der Waals surface area (Å²) in [6.07, 6.45) is 2.26. The molecular formula is C22H19F2NO4. The topological polar surface area (TPSA) is 69.4 Å². The molecule has 0 bridgehead atoms. The van der Waals surface area contributed by atoms with Gasteiger partial charge in [0.25, 0.3) is 0 Å². The number of carbonyl (C=O) groups is 2. The van der Waals surface area contributed by atoms with E-state index in [1.54, 1.807) is 12.1 Å². The maximum Gasteiger partial charge on any atom is 0.306 e. The fraction of sp³-hybridized carbons (Fsp3) is 0.227. The van der Waals surface area contributed by atoms with E-state index < -0.39 is 17.6 Å². The summed E-state index contributed by atoms with van der Waals surface area (Å²) in [4.78, 5) is 27.9. The van der Waals surface area contributed by atoms with Crippen LogP contribution in [0.3, 0.4) is 0 Å². The molecule has 1 aromatic heterocycles. The molecule has 0 saturated heterocycles. The number of hydrogen-bond donors (Lipinski definition) is 0. The molecule has 0 aliphatic rings. The van der Waals surface area contributed by atoms with Crippen molar-refractivity contribution in [2.24, 2.45) is 0 Å². The van der Waals surface area contributed by atoms with Crippen LogP contribution in [0.15, 0.2) is 53.1 Å². The van der Waals surface area contributed by atoms with Gasteiger partial charge in [0.15, 0.2) is 24.0 Å². The maximum atomic E-state index is 13.8. The van der Waals surface area contributed by atoms with Gasteiger partial charge in [0.1, 0.15) is 11.6 Å². The zero-order valence-electron chi connectivity index (χ0n) is 15.8. The van der Waals surface area contributed by atoms with Crippen LogP contribution >= 0.6 is 0 Å². The number of esters is 1. The third-order valence-corrected chi connectivity index (χ3v) is 4.34. The summed E-state index contributed by atoms with van der Waals surface area (Å²) < 4.78 is 37.2. The predicted molar refractivity (Wildman–Crippen MR) is 101 cm³/mol. The number of hydrogen-bond acceptors (Lipinski definition) is 5. The Balaban J connectivity index is 1.49. The summed E-state index contributed by atoms with van der Waals surface area (Å²) in [5, 5.41) is 0. The van der Waals surface area contributed by atoms with E-state index in [4.69, 9.17) is 9.15 Å². The lowest BCUT2D eigenvalue weighted by atomic mass is 10.1. The number of ketones is 1. The van der Waals surface area contributed by atoms with E-state index in [1.807, 2.05) is 19.1 Å². The molecule has 2 aromatic carbocycles. The first-order chi connectivity index (χ1) is 14.0. The van der Waals surface area contributed by atoms with Gasteiger partial charge in [0.05, 0.1) is 18.2 Å². The summed E-state index contributed by atoms with van der Waals surface area (Å²) in [5.74, 6) is -1.97. The summed E-state index contributed by atoms with van der Waals surface area (Å²) in [5.41, 5.74) is 1.67. The van der Waals surface area contributed by atoms with E-state index in [2.05, 4.69) is 4.98 Å². The number of halogens is 2. The van der Waals surface area contributed by atoms with E-state index in [1.165, 1.54) is 12.3 Å². The molecule has 0 aliphatic heterocycles. The number of carbonyl (C=O) groups excluding carboxylic acids is 2. The molecule has 1 heterocycles. The molecule has 29 heavy (non-hydrogen) atoms. The van der Waals surface area contributed by atoms with Crippen LogP contribution in [0.1, 0.15) is 35.2 Å². The Bertz CT molecular complexity index is 1010. The third-order valence-electron chi connectivity index (χ3n) is 4.34. The van der Waals surface area contributed by atoms with Gasteiger partial charge in [-0.1, -0.05) is 31.2 Å². The minimum absolute atomic E-state index is 0.0477.